The van der Waals surface area contributed by atoms with Gasteiger partial charge in [0.25, 0.3) is 0 Å². The summed E-state index contributed by atoms with van der Waals surface area (Å²) in [6.07, 6.45) is 3.94. The summed E-state index contributed by atoms with van der Waals surface area (Å²) in [5.74, 6) is -0.0217. The van der Waals surface area contributed by atoms with Gasteiger partial charge < -0.3 is 5.32 Å². The highest BCUT2D eigenvalue weighted by molar-refractivity contribution is 9.10. The maximum absolute atomic E-state index is 11.7. The van der Waals surface area contributed by atoms with E-state index in [1.807, 2.05) is 31.2 Å². The smallest absolute Gasteiger partial charge is 0.238 e. The van der Waals surface area contributed by atoms with Gasteiger partial charge in [-0.1, -0.05) is 35.0 Å². The van der Waals surface area contributed by atoms with Gasteiger partial charge in [0, 0.05) is 5.69 Å². The molecule has 0 spiro atoms. The van der Waals surface area contributed by atoms with E-state index in [-0.39, 0.29) is 10.7 Å². The molecular formula is C13H15BrN4O. The Balaban J connectivity index is 1.96. The molecule has 0 radical (unpaired) electrons. The zero-order valence-electron chi connectivity index (χ0n) is 10.6. The molecule has 6 heteroatoms. The quantitative estimate of drug-likeness (QED) is 0.860. The molecule has 1 unspecified atom stereocenters. The number of carbonyl (C=O) groups excluding carboxylic acids is 1. The maximum atomic E-state index is 11.7. The molecule has 19 heavy (non-hydrogen) atoms. The molecule has 2 rings (SSSR count). The van der Waals surface area contributed by atoms with Crippen LogP contribution < -0.4 is 5.32 Å². The highest BCUT2D eigenvalue weighted by Gasteiger charge is 2.11. The highest BCUT2D eigenvalue weighted by atomic mass is 79.9. The standard InChI is InChI=1S/C13H15BrN4O/c1-2-12(14)13(19)17-11-5-3-10(4-6-11)7-18-9-15-8-16-18/h3-6,8-9,12H,2,7H2,1H3,(H,17,19). The lowest BCUT2D eigenvalue weighted by atomic mass is 10.2. The minimum atomic E-state index is -0.151. The van der Waals surface area contributed by atoms with Crippen LogP contribution in [0.3, 0.4) is 0 Å². The van der Waals surface area contributed by atoms with Crippen LogP contribution in [0.25, 0.3) is 0 Å². The van der Waals surface area contributed by atoms with Crippen LogP contribution in [0.1, 0.15) is 18.9 Å². The number of hydrogen-bond acceptors (Lipinski definition) is 3. The van der Waals surface area contributed by atoms with Gasteiger partial charge in [-0.05, 0) is 24.1 Å². The van der Waals surface area contributed by atoms with E-state index < -0.39 is 0 Å². The van der Waals surface area contributed by atoms with Crippen molar-refractivity contribution < 1.29 is 4.79 Å². The van der Waals surface area contributed by atoms with Crippen molar-refractivity contribution in [2.24, 2.45) is 0 Å². The molecule has 0 aliphatic rings. The fourth-order valence-electron chi connectivity index (χ4n) is 1.60. The molecule has 5 nitrogen and oxygen atoms in total. The van der Waals surface area contributed by atoms with E-state index in [1.165, 1.54) is 6.33 Å². The van der Waals surface area contributed by atoms with E-state index in [4.69, 9.17) is 0 Å². The summed E-state index contributed by atoms with van der Waals surface area (Å²) >= 11 is 3.32. The number of amides is 1. The van der Waals surface area contributed by atoms with Crippen LogP contribution in [0.15, 0.2) is 36.9 Å². The van der Waals surface area contributed by atoms with Gasteiger partial charge in [0.15, 0.2) is 0 Å². The zero-order valence-corrected chi connectivity index (χ0v) is 12.2. The van der Waals surface area contributed by atoms with Crippen molar-refractivity contribution in [3.05, 3.63) is 42.5 Å². The van der Waals surface area contributed by atoms with Gasteiger partial charge in [-0.15, -0.1) is 0 Å². The molecule has 0 bridgehead atoms. The Kier molecular flexibility index (Phi) is 4.68. The molecule has 1 atom stereocenters. The molecule has 1 heterocycles. The second kappa shape index (κ2) is 6.47. The van der Waals surface area contributed by atoms with Crippen LogP contribution in [0, 0.1) is 0 Å². The van der Waals surface area contributed by atoms with Crippen LogP contribution in [0.4, 0.5) is 5.69 Å². The molecule has 0 aliphatic heterocycles. The number of carbonyl (C=O) groups is 1. The predicted octanol–water partition coefficient (Wildman–Crippen LogP) is 2.44. The van der Waals surface area contributed by atoms with Crippen LogP contribution in [0.5, 0.6) is 0 Å². The van der Waals surface area contributed by atoms with E-state index in [9.17, 15) is 4.79 Å². The van der Waals surface area contributed by atoms with E-state index in [2.05, 4.69) is 31.3 Å². The lowest BCUT2D eigenvalue weighted by Crippen LogP contribution is -2.21. The number of halogens is 1. The van der Waals surface area contributed by atoms with Gasteiger partial charge in [0.1, 0.15) is 12.7 Å². The Hall–Kier alpha value is -1.69. The summed E-state index contributed by atoms with van der Waals surface area (Å²) in [7, 11) is 0. The Labute approximate surface area is 120 Å². The van der Waals surface area contributed by atoms with E-state index >= 15 is 0 Å². The molecule has 1 N–H and O–H groups in total. The first-order chi connectivity index (χ1) is 9.19. The second-order valence-electron chi connectivity index (χ2n) is 4.16. The van der Waals surface area contributed by atoms with E-state index in [1.54, 1.807) is 11.0 Å². The molecule has 0 aliphatic carbocycles. The van der Waals surface area contributed by atoms with Gasteiger partial charge in [0.2, 0.25) is 5.91 Å². The zero-order chi connectivity index (χ0) is 13.7. The normalized spacial score (nSPS) is 12.1. The van der Waals surface area contributed by atoms with Gasteiger partial charge in [-0.25, -0.2) is 9.67 Å². The van der Waals surface area contributed by atoms with Crippen molar-refractivity contribution in [2.45, 2.75) is 24.7 Å². The molecule has 1 amide bonds. The average Bonchev–Trinajstić information content (AvgIpc) is 2.93. The highest BCUT2D eigenvalue weighted by Crippen LogP contribution is 2.13. The predicted molar refractivity (Wildman–Crippen MR) is 77.2 cm³/mol. The third-order valence-corrected chi connectivity index (χ3v) is 3.74. The Morgan fingerprint density at radius 2 is 2.16 bits per heavy atom. The largest absolute Gasteiger partial charge is 0.325 e. The lowest BCUT2D eigenvalue weighted by Gasteiger charge is -2.09. The molecular weight excluding hydrogens is 308 g/mol. The number of nitrogens with zero attached hydrogens (tertiary/aromatic N) is 3. The van der Waals surface area contributed by atoms with Crippen molar-refractivity contribution in [2.75, 3.05) is 5.32 Å². The molecule has 1 aromatic carbocycles. The van der Waals surface area contributed by atoms with Gasteiger partial charge in [-0.3, -0.25) is 4.79 Å². The summed E-state index contributed by atoms with van der Waals surface area (Å²) in [5.41, 5.74) is 1.90. The third kappa shape index (κ3) is 3.89. The minimum absolute atomic E-state index is 0.0217. The molecule has 1 aromatic heterocycles. The average molecular weight is 323 g/mol. The second-order valence-corrected chi connectivity index (χ2v) is 5.26. The SMILES string of the molecule is CCC(Br)C(=O)Nc1ccc(Cn2cncn2)cc1. The summed E-state index contributed by atoms with van der Waals surface area (Å²) in [6, 6.07) is 7.71. The first kappa shape index (κ1) is 13.7. The number of benzene rings is 1. The number of nitrogens with one attached hydrogen (secondary N) is 1. The topological polar surface area (TPSA) is 59.8 Å². The Morgan fingerprint density at radius 1 is 1.42 bits per heavy atom. The van der Waals surface area contributed by atoms with E-state index in [0.29, 0.717) is 6.54 Å². The number of hydrogen-bond donors (Lipinski definition) is 1. The van der Waals surface area contributed by atoms with Crippen LogP contribution in [-0.4, -0.2) is 25.5 Å². The van der Waals surface area contributed by atoms with Gasteiger partial charge in [0.05, 0.1) is 11.4 Å². The van der Waals surface area contributed by atoms with Crippen molar-refractivity contribution in [3.63, 3.8) is 0 Å². The number of anilines is 1. The summed E-state index contributed by atoms with van der Waals surface area (Å²) < 4.78 is 1.75. The number of alkyl halides is 1. The first-order valence-corrected chi connectivity index (χ1v) is 6.97. The van der Waals surface area contributed by atoms with Gasteiger partial charge >= 0.3 is 0 Å². The van der Waals surface area contributed by atoms with Crippen LogP contribution in [0.2, 0.25) is 0 Å². The first-order valence-electron chi connectivity index (χ1n) is 6.05. The summed E-state index contributed by atoms with van der Waals surface area (Å²) in [5, 5.41) is 6.90. The molecule has 0 saturated heterocycles. The van der Waals surface area contributed by atoms with Crippen molar-refractivity contribution in [3.8, 4) is 0 Å². The molecule has 2 aromatic rings. The van der Waals surface area contributed by atoms with Gasteiger partial charge in [-0.2, -0.15) is 5.10 Å². The maximum Gasteiger partial charge on any atom is 0.238 e. The fraction of sp³-hybridized carbons (Fsp3) is 0.308. The Morgan fingerprint density at radius 3 is 2.74 bits per heavy atom. The van der Waals surface area contributed by atoms with Crippen LogP contribution in [-0.2, 0) is 11.3 Å². The number of aromatic nitrogens is 3. The summed E-state index contributed by atoms with van der Waals surface area (Å²) in [6.45, 7) is 2.63. The Bertz CT molecular complexity index is 524. The third-order valence-electron chi connectivity index (χ3n) is 2.68. The lowest BCUT2D eigenvalue weighted by molar-refractivity contribution is -0.115. The fourth-order valence-corrected chi connectivity index (χ4v) is 1.72. The van der Waals surface area contributed by atoms with Crippen molar-refractivity contribution in [1.29, 1.82) is 0 Å². The number of rotatable bonds is 5. The van der Waals surface area contributed by atoms with Crippen molar-refractivity contribution in [1.82, 2.24) is 14.8 Å². The molecule has 0 saturated carbocycles. The monoisotopic (exact) mass is 322 g/mol. The molecule has 100 valence electrons. The minimum Gasteiger partial charge on any atom is -0.325 e. The van der Waals surface area contributed by atoms with Crippen LogP contribution >= 0.6 is 15.9 Å². The summed E-state index contributed by atoms with van der Waals surface area (Å²) in [4.78, 5) is 15.4. The van der Waals surface area contributed by atoms with Crippen molar-refractivity contribution >= 4 is 27.5 Å². The molecule has 0 fully saturated rings. The van der Waals surface area contributed by atoms with E-state index in [0.717, 1.165) is 17.7 Å².